The zero-order valence-corrected chi connectivity index (χ0v) is 14.6. The minimum Gasteiger partial charge on any atom is -0.388 e. The number of ether oxygens (including phenoxy) is 1. The number of aliphatic hydroxyl groups is 2. The number of methoxy groups -OCH3 is 1. The van der Waals surface area contributed by atoms with E-state index in [1.807, 2.05) is 0 Å². The van der Waals surface area contributed by atoms with Gasteiger partial charge in [-0.1, -0.05) is 0 Å². The molecule has 0 bridgehead atoms. The summed E-state index contributed by atoms with van der Waals surface area (Å²) in [5, 5.41) is 17.6. The van der Waals surface area contributed by atoms with Crippen molar-refractivity contribution in [2.45, 2.75) is 66.4 Å². The van der Waals surface area contributed by atoms with Crippen LogP contribution in [0.5, 0.6) is 0 Å². The van der Waals surface area contributed by atoms with Gasteiger partial charge in [0, 0.05) is 13.5 Å². The molecule has 0 fully saturated rings. The van der Waals surface area contributed by atoms with E-state index in [0.717, 1.165) is 0 Å². The van der Waals surface area contributed by atoms with Crippen LogP contribution in [0.15, 0.2) is 0 Å². The van der Waals surface area contributed by atoms with Gasteiger partial charge in [-0.05, 0) is 0 Å². The Morgan fingerprint density at radius 1 is 0.531 bits per heavy atom. The number of hydrogen-bond donors (Lipinski definition) is 2. The molecular weight excluding hydrogens is 515 g/mol. The van der Waals surface area contributed by atoms with E-state index < -0.39 is 66.4 Å². The summed E-state index contributed by atoms with van der Waals surface area (Å²) in [7, 11) is 0.385. The van der Waals surface area contributed by atoms with Gasteiger partial charge in [-0.3, -0.25) is 0 Å². The van der Waals surface area contributed by atoms with Crippen molar-refractivity contribution in [1.29, 1.82) is 0 Å². The Hall–Kier alpha value is -1.31. The fourth-order valence-corrected chi connectivity index (χ4v) is 1.85. The third-order valence-electron chi connectivity index (χ3n) is 3.82. The first-order valence-corrected chi connectivity index (χ1v) is 7.22. The number of halogens is 17. The molecule has 0 aromatic carbocycles. The average molecular weight is 524 g/mol. The molecule has 0 saturated heterocycles. The molecule has 194 valence electrons. The molecule has 0 heterocycles. The summed E-state index contributed by atoms with van der Waals surface area (Å²) >= 11 is 0. The lowest BCUT2D eigenvalue weighted by Crippen LogP contribution is -2.74. The zero-order chi connectivity index (χ0) is 26.6. The van der Waals surface area contributed by atoms with E-state index in [9.17, 15) is 74.6 Å². The van der Waals surface area contributed by atoms with Crippen molar-refractivity contribution >= 4 is 0 Å². The molecule has 20 heteroatoms. The van der Waals surface area contributed by atoms with Gasteiger partial charge >= 0.3 is 47.6 Å². The molecule has 0 spiro atoms. The topological polar surface area (TPSA) is 49.7 Å². The van der Waals surface area contributed by atoms with Crippen LogP contribution in [0.25, 0.3) is 0 Å². The Balaban J connectivity index is 6.59. The van der Waals surface area contributed by atoms with E-state index in [2.05, 4.69) is 4.74 Å². The smallest absolute Gasteiger partial charge is 0.388 e. The van der Waals surface area contributed by atoms with Crippen LogP contribution in [0.4, 0.5) is 74.6 Å². The lowest BCUT2D eigenvalue weighted by molar-refractivity contribution is -0.462. The second-order valence-electron chi connectivity index (χ2n) is 6.05. The van der Waals surface area contributed by atoms with E-state index in [0.29, 0.717) is 7.11 Å². The molecule has 0 aromatic heterocycles. The minimum absolute atomic E-state index is 0.385. The van der Waals surface area contributed by atoms with Gasteiger partial charge < -0.3 is 14.9 Å². The second-order valence-corrected chi connectivity index (χ2v) is 6.05. The predicted molar refractivity (Wildman–Crippen MR) is 64.3 cm³/mol. The fraction of sp³-hybridized carbons (Fsp3) is 1.00. The number of hydrogen-bond acceptors (Lipinski definition) is 3. The van der Waals surface area contributed by atoms with Crippen LogP contribution < -0.4 is 0 Å². The fourth-order valence-electron chi connectivity index (χ4n) is 1.85. The van der Waals surface area contributed by atoms with E-state index >= 15 is 0 Å². The molecule has 0 saturated carbocycles. The van der Waals surface area contributed by atoms with Crippen LogP contribution in [0.3, 0.4) is 0 Å². The molecule has 3 nitrogen and oxygen atoms in total. The maximum absolute atomic E-state index is 13.5. The third-order valence-corrected chi connectivity index (χ3v) is 3.82. The van der Waals surface area contributed by atoms with Gasteiger partial charge in [-0.25, -0.2) is 0 Å². The molecule has 2 atom stereocenters. The lowest BCUT2D eigenvalue weighted by atomic mass is 9.87. The summed E-state index contributed by atoms with van der Waals surface area (Å²) in [4.78, 5) is 0. The summed E-state index contributed by atoms with van der Waals surface area (Å²) in [5.41, 5.74) is 0. The average Bonchev–Trinajstić information content (AvgIpc) is 2.58. The summed E-state index contributed by atoms with van der Waals surface area (Å²) in [5.74, 6) is -57.4. The van der Waals surface area contributed by atoms with Gasteiger partial charge in [0.25, 0.3) is 0 Å². The van der Waals surface area contributed by atoms with E-state index in [1.54, 1.807) is 0 Å². The van der Waals surface area contributed by atoms with Crippen molar-refractivity contribution in [3.8, 4) is 0 Å². The number of aliphatic hydroxyl groups excluding tert-OH is 2. The Bertz CT molecular complexity index is 656. The van der Waals surface area contributed by atoms with Gasteiger partial charge in [0.05, 0.1) is 0 Å². The highest BCUT2D eigenvalue weighted by molar-refractivity contribution is 5.15. The Morgan fingerprint density at radius 2 is 0.812 bits per heavy atom. The highest BCUT2D eigenvalue weighted by Crippen LogP contribution is 2.64. The Morgan fingerprint density at radius 3 is 1.09 bits per heavy atom. The Kier molecular flexibility index (Phi) is 7.84. The molecule has 0 aromatic rings. The molecule has 32 heavy (non-hydrogen) atoms. The monoisotopic (exact) mass is 524 g/mol. The van der Waals surface area contributed by atoms with E-state index in [1.165, 1.54) is 0 Å². The minimum atomic E-state index is -8.72. The van der Waals surface area contributed by atoms with Crippen molar-refractivity contribution in [2.75, 3.05) is 7.11 Å². The quantitative estimate of drug-likeness (QED) is 0.322. The standard InChI is InChI=1S/C12H9F17O3/c1-32-4(31)3(30)2-5(13,14)6(15,16)7(17,18)8(19,20)9(21,22)10(23,24)11(25,26)12(27,28)29/h3-4,30-31H,2H2,1H3. The van der Waals surface area contributed by atoms with Crippen LogP contribution in [0, 0.1) is 0 Å². The van der Waals surface area contributed by atoms with Crippen LogP contribution in [-0.4, -0.2) is 77.4 Å². The molecule has 0 rings (SSSR count). The van der Waals surface area contributed by atoms with Gasteiger partial charge in [-0.15, -0.1) is 0 Å². The van der Waals surface area contributed by atoms with Gasteiger partial charge in [0.15, 0.2) is 6.29 Å². The van der Waals surface area contributed by atoms with Crippen molar-refractivity contribution < 1.29 is 89.6 Å². The maximum atomic E-state index is 13.5. The maximum Gasteiger partial charge on any atom is 0.460 e. The summed E-state index contributed by atoms with van der Waals surface area (Å²) < 4.78 is 224. The van der Waals surface area contributed by atoms with E-state index in [-0.39, 0.29) is 0 Å². The predicted octanol–water partition coefficient (Wildman–Crippen LogP) is 4.71. The SMILES string of the molecule is COC(O)C(O)CC(F)(F)C(F)(F)C(F)(F)C(F)(F)C(F)(F)C(F)(F)C(F)(F)C(F)(F)F. The molecule has 2 N–H and O–H groups in total. The van der Waals surface area contributed by atoms with Crippen LogP contribution in [0.2, 0.25) is 0 Å². The first kappa shape index (κ1) is 30.7. The van der Waals surface area contributed by atoms with E-state index in [4.69, 9.17) is 10.2 Å². The zero-order valence-electron chi connectivity index (χ0n) is 14.6. The summed E-state index contributed by atoms with van der Waals surface area (Å²) in [6.07, 6.45) is -17.2. The first-order valence-electron chi connectivity index (χ1n) is 7.22. The number of alkyl halides is 17. The third kappa shape index (κ3) is 4.16. The largest absolute Gasteiger partial charge is 0.460 e. The summed E-state index contributed by atoms with van der Waals surface area (Å²) in [6, 6.07) is 0. The highest BCUT2D eigenvalue weighted by Gasteiger charge is 2.95. The lowest BCUT2D eigenvalue weighted by Gasteiger charge is -2.43. The molecule has 0 aliphatic rings. The molecule has 0 aliphatic carbocycles. The molecule has 0 aliphatic heterocycles. The second kappa shape index (κ2) is 8.17. The van der Waals surface area contributed by atoms with Gasteiger partial charge in [0.1, 0.15) is 6.10 Å². The first-order chi connectivity index (χ1) is 13.6. The van der Waals surface area contributed by atoms with Crippen molar-refractivity contribution in [3.63, 3.8) is 0 Å². The van der Waals surface area contributed by atoms with Crippen LogP contribution in [0.1, 0.15) is 6.42 Å². The normalized spacial score (nSPS) is 18.0. The molecular formula is C12H9F17O3. The Labute approximate surface area is 164 Å². The van der Waals surface area contributed by atoms with Crippen molar-refractivity contribution in [3.05, 3.63) is 0 Å². The highest BCUT2D eigenvalue weighted by atomic mass is 19.4. The van der Waals surface area contributed by atoms with Gasteiger partial charge in [-0.2, -0.15) is 74.6 Å². The molecule has 0 radical (unpaired) electrons. The molecule has 0 amide bonds. The van der Waals surface area contributed by atoms with Crippen molar-refractivity contribution in [1.82, 2.24) is 0 Å². The van der Waals surface area contributed by atoms with Crippen LogP contribution >= 0.6 is 0 Å². The molecule has 2 unspecified atom stereocenters. The summed E-state index contributed by atoms with van der Waals surface area (Å²) in [6.45, 7) is 0. The van der Waals surface area contributed by atoms with Gasteiger partial charge in [0.2, 0.25) is 0 Å². The van der Waals surface area contributed by atoms with Crippen molar-refractivity contribution in [2.24, 2.45) is 0 Å². The number of rotatable bonds is 10. The van der Waals surface area contributed by atoms with Crippen LogP contribution in [-0.2, 0) is 4.74 Å².